The molecular formula is C21H19BrN2O3S. The van der Waals surface area contributed by atoms with Crippen molar-refractivity contribution in [2.24, 2.45) is 0 Å². The minimum absolute atomic E-state index is 0.179. The summed E-state index contributed by atoms with van der Waals surface area (Å²) in [6.45, 7) is 0.316. The minimum Gasteiger partial charge on any atom is -0.467 e. The van der Waals surface area contributed by atoms with Gasteiger partial charge in [-0.15, -0.1) is 11.3 Å². The number of thiophene rings is 1. The Kier molecular flexibility index (Phi) is 5.64. The van der Waals surface area contributed by atoms with Gasteiger partial charge in [0.15, 0.2) is 0 Å². The van der Waals surface area contributed by atoms with E-state index in [1.807, 2.05) is 18.2 Å². The van der Waals surface area contributed by atoms with Crippen LogP contribution in [-0.4, -0.2) is 11.8 Å². The van der Waals surface area contributed by atoms with Crippen molar-refractivity contribution in [3.05, 3.63) is 74.5 Å². The molecule has 1 aromatic carbocycles. The van der Waals surface area contributed by atoms with Crippen LogP contribution in [0.5, 0.6) is 0 Å². The Morgan fingerprint density at radius 2 is 1.86 bits per heavy atom. The number of carbonyl (C=O) groups is 2. The van der Waals surface area contributed by atoms with E-state index in [9.17, 15) is 9.59 Å². The normalized spacial score (nSPS) is 13.0. The Bertz CT molecular complexity index is 994. The summed E-state index contributed by atoms with van der Waals surface area (Å²) in [5.74, 6) is 0.297. The molecule has 144 valence electrons. The van der Waals surface area contributed by atoms with E-state index in [-0.39, 0.29) is 11.8 Å². The largest absolute Gasteiger partial charge is 0.467 e. The number of aryl methyl sites for hydroxylation is 1. The summed E-state index contributed by atoms with van der Waals surface area (Å²) < 4.78 is 6.20. The average Bonchev–Trinajstić information content (AvgIpc) is 3.34. The highest BCUT2D eigenvalue weighted by molar-refractivity contribution is 9.10. The van der Waals surface area contributed by atoms with Crippen LogP contribution >= 0.6 is 27.3 Å². The Balaban J connectivity index is 1.59. The molecule has 0 aliphatic heterocycles. The highest BCUT2D eigenvalue weighted by Crippen LogP contribution is 2.38. The zero-order valence-electron chi connectivity index (χ0n) is 15.1. The molecule has 4 rings (SSSR count). The second kappa shape index (κ2) is 8.32. The van der Waals surface area contributed by atoms with Crippen LogP contribution in [0.15, 0.2) is 51.6 Å². The van der Waals surface area contributed by atoms with Crippen LogP contribution in [0, 0.1) is 0 Å². The zero-order chi connectivity index (χ0) is 19.5. The number of benzene rings is 1. The van der Waals surface area contributed by atoms with Crippen LogP contribution in [-0.2, 0) is 19.4 Å². The van der Waals surface area contributed by atoms with Crippen molar-refractivity contribution in [2.45, 2.75) is 32.2 Å². The van der Waals surface area contributed by atoms with Gasteiger partial charge in [-0.25, -0.2) is 0 Å². The van der Waals surface area contributed by atoms with E-state index < -0.39 is 0 Å². The fourth-order valence-electron chi connectivity index (χ4n) is 3.34. The summed E-state index contributed by atoms with van der Waals surface area (Å²) in [5, 5.41) is 6.49. The van der Waals surface area contributed by atoms with Gasteiger partial charge in [-0.2, -0.15) is 0 Å². The fraction of sp³-hybridized carbons (Fsp3) is 0.238. The van der Waals surface area contributed by atoms with Gasteiger partial charge in [0.2, 0.25) is 0 Å². The number of halogens is 1. The molecule has 2 heterocycles. The monoisotopic (exact) mass is 458 g/mol. The van der Waals surface area contributed by atoms with Gasteiger partial charge in [0.05, 0.1) is 18.4 Å². The Labute approximate surface area is 175 Å². The van der Waals surface area contributed by atoms with Gasteiger partial charge >= 0.3 is 0 Å². The predicted molar refractivity (Wildman–Crippen MR) is 113 cm³/mol. The van der Waals surface area contributed by atoms with E-state index in [1.54, 1.807) is 24.5 Å². The standard InChI is InChI=1S/C21H19BrN2O3S/c22-14-9-7-13(8-10-14)19(25)24-21-18(16-5-1-2-6-17(16)28-21)20(26)23-12-15-4-3-11-27-15/h3-4,7-11H,1-2,5-6,12H2,(H,23,26)(H,24,25). The summed E-state index contributed by atoms with van der Waals surface area (Å²) >= 11 is 4.89. The number of nitrogens with one attached hydrogen (secondary N) is 2. The highest BCUT2D eigenvalue weighted by Gasteiger charge is 2.26. The molecule has 3 aromatic rings. The smallest absolute Gasteiger partial charge is 0.256 e. The lowest BCUT2D eigenvalue weighted by Crippen LogP contribution is -2.25. The molecule has 0 fully saturated rings. The lowest BCUT2D eigenvalue weighted by Gasteiger charge is -2.13. The summed E-state index contributed by atoms with van der Waals surface area (Å²) in [7, 11) is 0. The molecule has 5 nitrogen and oxygen atoms in total. The maximum atomic E-state index is 13.0. The van der Waals surface area contributed by atoms with Gasteiger partial charge in [-0.1, -0.05) is 15.9 Å². The summed E-state index contributed by atoms with van der Waals surface area (Å²) in [6, 6.07) is 10.8. The molecule has 1 aliphatic carbocycles. The zero-order valence-corrected chi connectivity index (χ0v) is 17.5. The second-order valence-electron chi connectivity index (χ2n) is 6.64. The second-order valence-corrected chi connectivity index (χ2v) is 8.66. The lowest BCUT2D eigenvalue weighted by molar-refractivity contribution is 0.0948. The molecule has 0 atom stereocenters. The van der Waals surface area contributed by atoms with Crippen LogP contribution in [0.4, 0.5) is 5.00 Å². The number of fused-ring (bicyclic) bond motifs is 1. The van der Waals surface area contributed by atoms with Crippen molar-refractivity contribution >= 4 is 44.1 Å². The van der Waals surface area contributed by atoms with Gasteiger partial charge in [-0.05, 0) is 67.6 Å². The first-order valence-electron chi connectivity index (χ1n) is 9.14. The Morgan fingerprint density at radius 3 is 2.61 bits per heavy atom. The van der Waals surface area contributed by atoms with Crippen molar-refractivity contribution in [3.8, 4) is 0 Å². The molecule has 2 amide bonds. The van der Waals surface area contributed by atoms with Gasteiger partial charge in [0.25, 0.3) is 11.8 Å². The first-order valence-corrected chi connectivity index (χ1v) is 10.7. The molecule has 0 saturated heterocycles. The number of rotatable bonds is 5. The minimum atomic E-state index is -0.216. The van der Waals surface area contributed by atoms with Gasteiger partial charge < -0.3 is 15.1 Å². The molecule has 28 heavy (non-hydrogen) atoms. The summed E-state index contributed by atoms with van der Waals surface area (Å²) in [5.41, 5.74) is 2.22. The third-order valence-electron chi connectivity index (χ3n) is 4.74. The topological polar surface area (TPSA) is 71.3 Å². The van der Waals surface area contributed by atoms with Crippen molar-refractivity contribution in [1.29, 1.82) is 0 Å². The first-order chi connectivity index (χ1) is 13.6. The van der Waals surface area contributed by atoms with Crippen LogP contribution in [0.25, 0.3) is 0 Å². The quantitative estimate of drug-likeness (QED) is 0.554. The molecule has 1 aliphatic rings. The molecule has 0 unspecified atom stereocenters. The number of anilines is 1. The van der Waals surface area contributed by atoms with Crippen molar-refractivity contribution in [1.82, 2.24) is 5.32 Å². The van der Waals surface area contributed by atoms with E-state index in [0.717, 1.165) is 35.7 Å². The number of hydrogen-bond acceptors (Lipinski definition) is 4. The fourth-order valence-corrected chi connectivity index (χ4v) is 4.89. The lowest BCUT2D eigenvalue weighted by atomic mass is 9.95. The molecule has 0 radical (unpaired) electrons. The molecular weight excluding hydrogens is 440 g/mol. The molecule has 0 bridgehead atoms. The Morgan fingerprint density at radius 1 is 1.07 bits per heavy atom. The van der Waals surface area contributed by atoms with E-state index in [1.165, 1.54) is 16.2 Å². The van der Waals surface area contributed by atoms with Crippen LogP contribution in [0.2, 0.25) is 0 Å². The molecule has 2 aromatic heterocycles. The van der Waals surface area contributed by atoms with Crippen molar-refractivity contribution in [3.63, 3.8) is 0 Å². The van der Waals surface area contributed by atoms with E-state index in [4.69, 9.17) is 4.42 Å². The predicted octanol–water partition coefficient (Wildman–Crippen LogP) is 5.16. The van der Waals surface area contributed by atoms with Crippen molar-refractivity contribution < 1.29 is 14.0 Å². The average molecular weight is 459 g/mol. The van der Waals surface area contributed by atoms with E-state index in [2.05, 4.69) is 26.6 Å². The maximum Gasteiger partial charge on any atom is 0.256 e. The van der Waals surface area contributed by atoms with Gasteiger partial charge in [0, 0.05) is 14.9 Å². The summed E-state index contributed by atoms with van der Waals surface area (Å²) in [6.07, 6.45) is 5.57. The van der Waals surface area contributed by atoms with Crippen LogP contribution in [0.3, 0.4) is 0 Å². The number of carbonyl (C=O) groups excluding carboxylic acids is 2. The SMILES string of the molecule is O=C(Nc1sc2c(c1C(=O)NCc1ccco1)CCCC2)c1ccc(Br)cc1. The third kappa shape index (κ3) is 4.05. The first kappa shape index (κ1) is 19.0. The van der Waals surface area contributed by atoms with Gasteiger partial charge in [-0.3, -0.25) is 9.59 Å². The summed E-state index contributed by atoms with van der Waals surface area (Å²) in [4.78, 5) is 26.8. The highest BCUT2D eigenvalue weighted by atomic mass is 79.9. The number of amides is 2. The Hall–Kier alpha value is -2.38. The molecule has 0 saturated carbocycles. The molecule has 7 heteroatoms. The number of hydrogen-bond donors (Lipinski definition) is 2. The third-order valence-corrected chi connectivity index (χ3v) is 6.47. The van der Waals surface area contributed by atoms with Crippen LogP contribution in [0.1, 0.15) is 49.8 Å². The van der Waals surface area contributed by atoms with E-state index >= 15 is 0 Å². The molecule has 2 N–H and O–H groups in total. The van der Waals surface area contributed by atoms with Crippen molar-refractivity contribution in [2.75, 3.05) is 5.32 Å². The van der Waals surface area contributed by atoms with Crippen LogP contribution < -0.4 is 10.6 Å². The maximum absolute atomic E-state index is 13.0. The van der Waals surface area contributed by atoms with E-state index in [0.29, 0.717) is 28.4 Å². The molecule has 0 spiro atoms. The number of furan rings is 1. The van der Waals surface area contributed by atoms with Gasteiger partial charge in [0.1, 0.15) is 10.8 Å².